The first kappa shape index (κ1) is 29.8. The third-order valence-corrected chi connectivity index (χ3v) is 8.75. The van der Waals surface area contributed by atoms with Crippen molar-refractivity contribution in [3.63, 3.8) is 0 Å². The van der Waals surface area contributed by atoms with Crippen LogP contribution in [0.1, 0.15) is 18.1 Å². The summed E-state index contributed by atoms with van der Waals surface area (Å²) in [5, 5.41) is 0. The van der Waals surface area contributed by atoms with Gasteiger partial charge in [-0.25, -0.2) is 15.0 Å². The van der Waals surface area contributed by atoms with E-state index in [2.05, 4.69) is 139 Å². The minimum Gasteiger partial charge on any atom is -0.232 e. The van der Waals surface area contributed by atoms with Crippen LogP contribution in [0, 0.1) is 0 Å². The van der Waals surface area contributed by atoms with Crippen LogP contribution in [-0.4, -0.2) is 17.4 Å². The highest BCUT2D eigenvalue weighted by Gasteiger charge is 2.25. The molecular weight excluding hydrogens is 595 g/mol. The van der Waals surface area contributed by atoms with Crippen LogP contribution >= 0.6 is 0 Å². The Kier molecular flexibility index (Phi) is 8.04. The van der Waals surface area contributed by atoms with Gasteiger partial charge in [-0.1, -0.05) is 151 Å². The van der Waals surface area contributed by atoms with Gasteiger partial charge < -0.3 is 0 Å². The van der Waals surface area contributed by atoms with E-state index in [0.717, 1.165) is 55.9 Å². The van der Waals surface area contributed by atoms with Crippen molar-refractivity contribution in [2.24, 2.45) is 15.0 Å². The molecule has 1 aliphatic carbocycles. The summed E-state index contributed by atoms with van der Waals surface area (Å²) in [6.45, 7) is 1.99. The van der Waals surface area contributed by atoms with Crippen molar-refractivity contribution in [2.75, 3.05) is 0 Å². The van der Waals surface area contributed by atoms with Gasteiger partial charge in [0.2, 0.25) is 0 Å². The lowest BCUT2D eigenvalue weighted by molar-refractivity contribution is 1.34. The molecule has 0 N–H and O–H groups in total. The molecule has 2 aliphatic rings. The van der Waals surface area contributed by atoms with E-state index in [1.807, 2.05) is 49.4 Å². The molecule has 6 aromatic rings. The molecule has 0 saturated carbocycles. The van der Waals surface area contributed by atoms with Gasteiger partial charge in [0, 0.05) is 11.1 Å². The Hall–Kier alpha value is -6.63. The lowest BCUT2D eigenvalue weighted by Crippen LogP contribution is -2.14. The van der Waals surface area contributed by atoms with Gasteiger partial charge in [-0.3, -0.25) is 0 Å². The molecule has 0 fully saturated rings. The van der Waals surface area contributed by atoms with Crippen molar-refractivity contribution in [3.8, 4) is 44.5 Å². The number of fused-ring (bicyclic) bond motifs is 1. The molecule has 6 aromatic carbocycles. The molecule has 0 unspecified atom stereocenters. The lowest BCUT2D eigenvalue weighted by Gasteiger charge is -2.21. The molecule has 0 aromatic heterocycles. The summed E-state index contributed by atoms with van der Waals surface area (Å²) in [7, 11) is 0. The highest BCUT2D eigenvalue weighted by molar-refractivity contribution is 6.24. The number of allylic oxidation sites excluding steroid dienone is 4. The van der Waals surface area contributed by atoms with Crippen molar-refractivity contribution in [1.29, 1.82) is 0 Å². The van der Waals surface area contributed by atoms with Crippen LogP contribution in [0.2, 0.25) is 0 Å². The lowest BCUT2D eigenvalue weighted by atomic mass is 9.92. The van der Waals surface area contributed by atoms with Crippen LogP contribution < -0.4 is 0 Å². The Morgan fingerprint density at radius 2 is 1.14 bits per heavy atom. The number of hydrogen-bond donors (Lipinski definition) is 0. The van der Waals surface area contributed by atoms with Crippen LogP contribution in [-0.2, 0) is 0 Å². The molecular formula is C46H31N3. The zero-order valence-corrected chi connectivity index (χ0v) is 27.0. The van der Waals surface area contributed by atoms with Gasteiger partial charge in [0.1, 0.15) is 0 Å². The first-order valence-corrected chi connectivity index (χ1v) is 16.4. The van der Waals surface area contributed by atoms with E-state index in [4.69, 9.17) is 15.0 Å². The second-order valence-electron chi connectivity index (χ2n) is 11.9. The molecule has 3 nitrogen and oxygen atoms in total. The van der Waals surface area contributed by atoms with Gasteiger partial charge in [-0.2, -0.15) is 0 Å². The highest BCUT2D eigenvalue weighted by Crippen LogP contribution is 2.40. The molecule has 0 spiro atoms. The maximum Gasteiger partial charge on any atom is 0.165 e. The largest absolute Gasteiger partial charge is 0.232 e. The predicted molar refractivity (Wildman–Crippen MR) is 205 cm³/mol. The quantitative estimate of drug-likeness (QED) is 0.100. The molecule has 0 saturated heterocycles. The molecule has 1 heterocycles. The normalized spacial score (nSPS) is 13.4. The molecule has 0 radical (unpaired) electrons. The number of rotatable bonds is 6. The van der Waals surface area contributed by atoms with E-state index in [9.17, 15) is 0 Å². The van der Waals surface area contributed by atoms with Crippen molar-refractivity contribution in [3.05, 3.63) is 198 Å². The average Bonchev–Trinajstić information content (AvgIpc) is 3.17. The van der Waals surface area contributed by atoms with Crippen LogP contribution in [0.15, 0.2) is 202 Å². The number of amidine groups is 2. The summed E-state index contributed by atoms with van der Waals surface area (Å²) in [6, 6.07) is 52.8. The van der Waals surface area contributed by atoms with Gasteiger partial charge in [0.05, 0.1) is 17.0 Å². The Balaban J connectivity index is 1.25. The molecule has 230 valence electrons. The van der Waals surface area contributed by atoms with Gasteiger partial charge >= 0.3 is 0 Å². The second kappa shape index (κ2) is 13.2. The van der Waals surface area contributed by atoms with Gasteiger partial charge in [0.15, 0.2) is 11.7 Å². The fraction of sp³-hybridized carbons (Fsp3) is 0.0217. The molecule has 0 amide bonds. The summed E-state index contributed by atoms with van der Waals surface area (Å²) >= 11 is 0. The third kappa shape index (κ3) is 6.12. The maximum absolute atomic E-state index is 5.25. The Morgan fingerprint density at radius 1 is 0.571 bits per heavy atom. The Morgan fingerprint density at radius 3 is 1.82 bits per heavy atom. The minimum atomic E-state index is 0.590. The molecule has 49 heavy (non-hydrogen) atoms. The van der Waals surface area contributed by atoms with E-state index < -0.39 is 0 Å². The average molecular weight is 626 g/mol. The second-order valence-corrected chi connectivity index (χ2v) is 11.9. The molecule has 0 bridgehead atoms. The minimum absolute atomic E-state index is 0.590. The predicted octanol–water partition coefficient (Wildman–Crippen LogP) is 11.5. The summed E-state index contributed by atoms with van der Waals surface area (Å²) in [5.74, 6) is 1.26. The van der Waals surface area contributed by atoms with Crippen LogP contribution in [0.3, 0.4) is 0 Å². The summed E-state index contributed by atoms with van der Waals surface area (Å²) in [6.07, 6.45) is 5.79. The monoisotopic (exact) mass is 625 g/mol. The van der Waals surface area contributed by atoms with E-state index in [1.54, 1.807) is 0 Å². The smallest absolute Gasteiger partial charge is 0.165 e. The van der Waals surface area contributed by atoms with Gasteiger partial charge in [-0.15, -0.1) is 0 Å². The van der Waals surface area contributed by atoms with E-state index in [-0.39, 0.29) is 0 Å². The van der Waals surface area contributed by atoms with Crippen molar-refractivity contribution in [1.82, 2.24) is 0 Å². The molecule has 0 atom stereocenters. The number of aliphatic imine (C=N–C) groups is 3. The fourth-order valence-corrected chi connectivity index (χ4v) is 6.26. The van der Waals surface area contributed by atoms with Crippen molar-refractivity contribution in [2.45, 2.75) is 6.92 Å². The number of nitrogens with zero attached hydrogens (tertiary/aromatic N) is 3. The van der Waals surface area contributed by atoms with Crippen LogP contribution in [0.5, 0.6) is 0 Å². The van der Waals surface area contributed by atoms with Crippen LogP contribution in [0.4, 0.5) is 5.69 Å². The van der Waals surface area contributed by atoms with E-state index >= 15 is 0 Å². The standard InChI is InChI=1S/C46H31N3/c1-32(33-16-5-2-6-17-33)47-45(42-27-12-11-26-40(42)38-24-13-22-36(30-38)34-18-7-3-8-19-34)49-46-44-41(28-15-29-43(44)48-46)39-25-14-23-37(31-39)35-20-9-4-10-21-35/h2-5,7-16,18-31H,1H3. The summed E-state index contributed by atoms with van der Waals surface area (Å²) in [5.41, 5.74) is 19.8. The highest BCUT2D eigenvalue weighted by atomic mass is 15.0. The summed E-state index contributed by atoms with van der Waals surface area (Å²) < 4.78 is 0. The zero-order valence-electron chi connectivity index (χ0n) is 27.0. The maximum atomic E-state index is 5.25. The first-order valence-electron chi connectivity index (χ1n) is 16.4. The fourth-order valence-electron chi connectivity index (χ4n) is 6.26. The number of benzene rings is 6. The molecule has 3 heteroatoms. The zero-order chi connectivity index (χ0) is 33.0. The Labute approximate surface area is 286 Å². The third-order valence-electron chi connectivity index (χ3n) is 8.75. The first-order chi connectivity index (χ1) is 24.2. The topological polar surface area (TPSA) is 37.1 Å². The van der Waals surface area contributed by atoms with Crippen LogP contribution in [0.25, 0.3) is 44.5 Å². The molecule has 8 rings (SSSR count). The van der Waals surface area contributed by atoms with Gasteiger partial charge in [0.25, 0.3) is 0 Å². The number of hydrogen-bond acceptors (Lipinski definition) is 2. The van der Waals surface area contributed by atoms with Crippen molar-refractivity contribution >= 4 is 23.1 Å². The SMILES string of the molecule is CC(=NC(=NC1=Nc2cccc(-c3cccc(-c4ccccc4)c3)c21)c1ccccc1-c1cccc(-c2ccccc2)c1)C1=C=C=CC=C1. The van der Waals surface area contributed by atoms with E-state index in [1.165, 1.54) is 16.7 Å². The van der Waals surface area contributed by atoms with Gasteiger partial charge in [-0.05, 0) is 81.8 Å². The molecule has 1 aliphatic heterocycles. The Bertz CT molecular complexity index is 2450. The van der Waals surface area contributed by atoms with E-state index in [0.29, 0.717) is 11.7 Å². The summed E-state index contributed by atoms with van der Waals surface area (Å²) in [4.78, 5) is 15.3. The van der Waals surface area contributed by atoms with Crippen molar-refractivity contribution < 1.29 is 0 Å².